The fourth-order valence-corrected chi connectivity index (χ4v) is 1.76. The number of nitrogens with two attached hydrogens (primary N) is 1. The molecule has 0 saturated carbocycles. The molecule has 0 radical (unpaired) electrons. The molecule has 1 heterocycles. The first kappa shape index (κ1) is 14.0. The Kier molecular flexibility index (Phi) is 3.95. The molecule has 104 valence electrons. The first-order chi connectivity index (χ1) is 9.52. The quantitative estimate of drug-likeness (QED) is 0.871. The Balaban J connectivity index is 2.56. The molecular weight excluding hydrogens is 261 g/mol. The maximum Gasteiger partial charge on any atom is 0.296 e. The molecule has 0 fully saturated rings. The van der Waals surface area contributed by atoms with E-state index in [1.807, 2.05) is 0 Å². The van der Waals surface area contributed by atoms with Crippen LogP contribution in [-0.4, -0.2) is 30.1 Å². The van der Waals surface area contributed by atoms with Crippen LogP contribution >= 0.6 is 0 Å². The van der Waals surface area contributed by atoms with Crippen molar-refractivity contribution in [2.45, 2.75) is 0 Å². The molecule has 1 amide bonds. The fourth-order valence-electron chi connectivity index (χ4n) is 1.76. The van der Waals surface area contributed by atoms with Gasteiger partial charge >= 0.3 is 0 Å². The average Bonchev–Trinajstić information content (AvgIpc) is 2.45. The van der Waals surface area contributed by atoms with Gasteiger partial charge in [-0.05, 0) is 29.8 Å². The number of hydrogen-bond acceptors (Lipinski definition) is 4. The number of aromatic nitrogens is 1. The number of nitrogens with zero attached hydrogens (tertiary/aromatic N) is 2. The molecule has 0 saturated heterocycles. The molecule has 0 aliphatic carbocycles. The van der Waals surface area contributed by atoms with E-state index in [0.717, 1.165) is 5.06 Å². The Labute approximate surface area is 115 Å². The summed E-state index contributed by atoms with van der Waals surface area (Å²) in [6.07, 6.45) is 0. The maximum absolute atomic E-state index is 13.3. The first-order valence-corrected chi connectivity index (χ1v) is 5.87. The van der Waals surface area contributed by atoms with Crippen LogP contribution in [0.2, 0.25) is 0 Å². The van der Waals surface area contributed by atoms with Gasteiger partial charge in [-0.1, -0.05) is 12.1 Å². The van der Waals surface area contributed by atoms with Gasteiger partial charge in [0.1, 0.15) is 17.3 Å². The van der Waals surface area contributed by atoms with Gasteiger partial charge in [-0.3, -0.25) is 9.63 Å². The lowest BCUT2D eigenvalue weighted by Crippen LogP contribution is -2.27. The number of amides is 1. The van der Waals surface area contributed by atoms with Crippen molar-refractivity contribution in [2.24, 2.45) is 0 Å². The molecule has 1 aromatic heterocycles. The summed E-state index contributed by atoms with van der Waals surface area (Å²) in [7, 11) is 2.83. The number of halogens is 1. The smallest absolute Gasteiger partial charge is 0.296 e. The highest BCUT2D eigenvalue weighted by atomic mass is 19.1. The molecule has 6 heteroatoms. The Hall–Kier alpha value is -2.47. The molecule has 1 aromatic carbocycles. The number of carbonyl (C=O) groups is 1. The lowest BCUT2D eigenvalue weighted by molar-refractivity contribution is -0.0759. The van der Waals surface area contributed by atoms with E-state index < -0.39 is 11.7 Å². The van der Waals surface area contributed by atoms with Crippen LogP contribution in [0.4, 0.5) is 10.2 Å². The van der Waals surface area contributed by atoms with E-state index in [1.54, 1.807) is 24.3 Å². The van der Waals surface area contributed by atoms with E-state index in [1.165, 1.54) is 26.3 Å². The third-order valence-electron chi connectivity index (χ3n) is 2.81. The summed E-state index contributed by atoms with van der Waals surface area (Å²) >= 11 is 0. The second-order valence-electron chi connectivity index (χ2n) is 4.13. The van der Waals surface area contributed by atoms with E-state index in [4.69, 9.17) is 10.6 Å². The predicted octanol–water partition coefficient (Wildman–Crippen LogP) is 2.10. The van der Waals surface area contributed by atoms with Gasteiger partial charge in [0, 0.05) is 12.6 Å². The van der Waals surface area contributed by atoms with Crippen LogP contribution in [0, 0.1) is 5.82 Å². The third-order valence-corrected chi connectivity index (χ3v) is 2.81. The van der Waals surface area contributed by atoms with Gasteiger partial charge in [0.15, 0.2) is 0 Å². The molecule has 0 aliphatic heterocycles. The van der Waals surface area contributed by atoms with Crippen LogP contribution in [0.3, 0.4) is 0 Å². The van der Waals surface area contributed by atoms with Crippen LogP contribution < -0.4 is 5.73 Å². The second kappa shape index (κ2) is 5.66. The molecule has 0 bridgehead atoms. The number of anilines is 1. The van der Waals surface area contributed by atoms with Crippen LogP contribution in [0.5, 0.6) is 0 Å². The number of nitrogen functional groups attached to an aromatic ring is 1. The first-order valence-electron chi connectivity index (χ1n) is 5.87. The van der Waals surface area contributed by atoms with E-state index in [0.29, 0.717) is 11.1 Å². The van der Waals surface area contributed by atoms with Crippen molar-refractivity contribution < 1.29 is 14.0 Å². The third kappa shape index (κ3) is 2.75. The zero-order chi connectivity index (χ0) is 14.7. The second-order valence-corrected chi connectivity index (χ2v) is 4.13. The molecule has 20 heavy (non-hydrogen) atoms. The molecule has 5 nitrogen and oxygen atoms in total. The maximum atomic E-state index is 13.3. The summed E-state index contributed by atoms with van der Waals surface area (Å²) in [4.78, 5) is 21.1. The van der Waals surface area contributed by atoms with E-state index in [2.05, 4.69) is 4.98 Å². The van der Waals surface area contributed by atoms with Gasteiger partial charge in [0.05, 0.1) is 7.11 Å². The van der Waals surface area contributed by atoms with Gasteiger partial charge in [-0.25, -0.2) is 14.4 Å². The van der Waals surface area contributed by atoms with Crippen molar-refractivity contribution in [3.63, 3.8) is 0 Å². The van der Waals surface area contributed by atoms with Crippen LogP contribution in [0.25, 0.3) is 11.1 Å². The normalized spacial score (nSPS) is 10.3. The summed E-state index contributed by atoms with van der Waals surface area (Å²) in [6, 6.07) is 9.11. The van der Waals surface area contributed by atoms with Crippen molar-refractivity contribution in [2.75, 3.05) is 19.9 Å². The Morgan fingerprint density at radius 1 is 1.35 bits per heavy atom. The Morgan fingerprint density at radius 3 is 2.75 bits per heavy atom. The van der Waals surface area contributed by atoms with Gasteiger partial charge in [-0.15, -0.1) is 0 Å². The minimum atomic E-state index is -0.459. The van der Waals surface area contributed by atoms with Crippen molar-refractivity contribution in [1.82, 2.24) is 10.0 Å². The zero-order valence-corrected chi connectivity index (χ0v) is 11.1. The topological polar surface area (TPSA) is 68.5 Å². The standard InChI is InChI=1S/C14H14FN3O2/c1-18(20-2)14(19)13-11(6-7-12(16)17-13)9-4-3-5-10(15)8-9/h3-8H,1-2H3,(H2,16,17). The summed E-state index contributed by atoms with van der Waals surface area (Å²) in [5, 5.41) is 1.03. The Morgan fingerprint density at radius 2 is 2.10 bits per heavy atom. The number of carbonyl (C=O) groups excluding carboxylic acids is 1. The largest absolute Gasteiger partial charge is 0.384 e. The summed E-state index contributed by atoms with van der Waals surface area (Å²) in [5.41, 5.74) is 6.77. The molecule has 0 spiro atoms. The molecule has 0 atom stereocenters. The lowest BCUT2D eigenvalue weighted by atomic mass is 10.0. The van der Waals surface area contributed by atoms with Crippen LogP contribution in [0.1, 0.15) is 10.5 Å². The molecule has 2 aromatic rings. The molecule has 0 unspecified atom stereocenters. The summed E-state index contributed by atoms with van der Waals surface area (Å²) in [5.74, 6) is -0.644. The van der Waals surface area contributed by atoms with Crippen LogP contribution in [0.15, 0.2) is 36.4 Å². The number of hydrogen-bond donors (Lipinski definition) is 1. The van der Waals surface area contributed by atoms with Crippen LogP contribution in [-0.2, 0) is 4.84 Å². The Bertz CT molecular complexity index is 646. The minimum absolute atomic E-state index is 0.111. The number of benzene rings is 1. The van der Waals surface area contributed by atoms with Crippen molar-refractivity contribution >= 4 is 11.7 Å². The fraction of sp³-hybridized carbons (Fsp3) is 0.143. The summed E-state index contributed by atoms with van der Waals surface area (Å²) < 4.78 is 13.3. The van der Waals surface area contributed by atoms with Crippen molar-refractivity contribution in [3.05, 3.63) is 47.9 Å². The molecule has 0 aliphatic rings. The van der Waals surface area contributed by atoms with E-state index >= 15 is 0 Å². The highest BCUT2D eigenvalue weighted by molar-refractivity contribution is 5.98. The number of pyridine rings is 1. The zero-order valence-electron chi connectivity index (χ0n) is 11.1. The number of hydroxylamine groups is 2. The van der Waals surface area contributed by atoms with Gasteiger partial charge in [0.25, 0.3) is 5.91 Å². The minimum Gasteiger partial charge on any atom is -0.384 e. The molecular formula is C14H14FN3O2. The van der Waals surface area contributed by atoms with Crippen molar-refractivity contribution in [3.8, 4) is 11.1 Å². The summed E-state index contributed by atoms with van der Waals surface area (Å²) in [6.45, 7) is 0. The molecule has 2 N–H and O–H groups in total. The predicted molar refractivity (Wildman–Crippen MR) is 73.1 cm³/mol. The average molecular weight is 275 g/mol. The van der Waals surface area contributed by atoms with Gasteiger partial charge in [-0.2, -0.15) is 0 Å². The van der Waals surface area contributed by atoms with Crippen molar-refractivity contribution in [1.29, 1.82) is 0 Å². The lowest BCUT2D eigenvalue weighted by Gasteiger charge is -2.16. The SMILES string of the molecule is CON(C)C(=O)c1nc(N)ccc1-c1cccc(F)c1. The monoisotopic (exact) mass is 275 g/mol. The highest BCUT2D eigenvalue weighted by Crippen LogP contribution is 2.25. The van der Waals surface area contributed by atoms with Gasteiger partial charge < -0.3 is 5.73 Å². The highest BCUT2D eigenvalue weighted by Gasteiger charge is 2.19. The van der Waals surface area contributed by atoms with Gasteiger partial charge in [0.2, 0.25) is 0 Å². The van der Waals surface area contributed by atoms with E-state index in [-0.39, 0.29) is 11.5 Å². The molecule has 2 rings (SSSR count). The number of rotatable bonds is 3. The van der Waals surface area contributed by atoms with E-state index in [9.17, 15) is 9.18 Å².